The number of carbonyl (C=O) groups excluding carboxylic acids is 2. The van der Waals surface area contributed by atoms with Crippen LogP contribution in [-0.2, 0) is 11.0 Å². The van der Waals surface area contributed by atoms with Gasteiger partial charge < -0.3 is 14.8 Å². The standard InChI is InChI=1S/C20H19F3N4O2/c1-3-12-7-14(9-24)27(10-12)17(28)11-26(2)19(29)16-8-13-5-4-6-15(18(13)25-16)20(21,22)23/h3-6,8,12,14,25H,1,7,10-11H2,2H3. The molecular weight excluding hydrogens is 385 g/mol. The number of amides is 2. The first-order chi connectivity index (χ1) is 13.7. The molecule has 152 valence electrons. The fourth-order valence-corrected chi connectivity index (χ4v) is 3.52. The van der Waals surface area contributed by atoms with Crippen LogP contribution in [0.4, 0.5) is 13.2 Å². The van der Waals surface area contributed by atoms with Crippen LogP contribution < -0.4 is 0 Å². The van der Waals surface area contributed by atoms with E-state index in [-0.39, 0.29) is 29.1 Å². The number of nitrogens with one attached hydrogen (secondary N) is 1. The zero-order chi connectivity index (χ0) is 21.3. The molecule has 2 unspecified atom stereocenters. The molecule has 1 aromatic carbocycles. The third kappa shape index (κ3) is 3.97. The molecule has 1 aromatic heterocycles. The van der Waals surface area contributed by atoms with Gasteiger partial charge in [0.15, 0.2) is 0 Å². The summed E-state index contributed by atoms with van der Waals surface area (Å²) in [4.78, 5) is 30.3. The quantitative estimate of drug-likeness (QED) is 0.795. The molecule has 2 atom stereocenters. The number of halogens is 3. The summed E-state index contributed by atoms with van der Waals surface area (Å²) in [6, 6.07) is 6.49. The third-order valence-electron chi connectivity index (χ3n) is 5.05. The van der Waals surface area contributed by atoms with Crippen molar-refractivity contribution < 1.29 is 22.8 Å². The Morgan fingerprint density at radius 1 is 1.45 bits per heavy atom. The zero-order valence-electron chi connectivity index (χ0n) is 15.7. The van der Waals surface area contributed by atoms with Gasteiger partial charge in [0.05, 0.1) is 23.7 Å². The number of likely N-dealkylation sites (N-methyl/N-ethyl adjacent to an activating group) is 1. The Kier molecular flexibility index (Phi) is 5.38. The number of aromatic amines is 1. The summed E-state index contributed by atoms with van der Waals surface area (Å²) in [5.41, 5.74) is -1.09. The minimum Gasteiger partial charge on any atom is -0.350 e. The van der Waals surface area contributed by atoms with E-state index in [1.807, 2.05) is 0 Å². The van der Waals surface area contributed by atoms with Crippen molar-refractivity contribution in [3.63, 3.8) is 0 Å². The Bertz CT molecular complexity index is 1010. The fraction of sp³-hybridized carbons (Fsp3) is 0.350. The number of hydrogen-bond acceptors (Lipinski definition) is 3. The number of hydrogen-bond donors (Lipinski definition) is 1. The van der Waals surface area contributed by atoms with E-state index >= 15 is 0 Å². The van der Waals surface area contributed by atoms with Crippen LogP contribution in [0, 0.1) is 17.2 Å². The SMILES string of the molecule is C=CC1CC(C#N)N(C(=O)CN(C)C(=O)c2cc3cccc(C(F)(F)F)c3[nH]2)C1. The van der Waals surface area contributed by atoms with Gasteiger partial charge in [-0.3, -0.25) is 9.59 Å². The Labute approximate surface area is 165 Å². The van der Waals surface area contributed by atoms with Crippen molar-refractivity contribution in [3.05, 3.63) is 48.2 Å². The molecular formula is C20H19F3N4O2. The van der Waals surface area contributed by atoms with Gasteiger partial charge in [0.1, 0.15) is 11.7 Å². The van der Waals surface area contributed by atoms with Crippen LogP contribution in [0.3, 0.4) is 0 Å². The van der Waals surface area contributed by atoms with Crippen LogP contribution in [0.25, 0.3) is 10.9 Å². The lowest BCUT2D eigenvalue weighted by Crippen LogP contribution is -2.43. The zero-order valence-corrected chi connectivity index (χ0v) is 15.7. The smallest absolute Gasteiger partial charge is 0.350 e. The van der Waals surface area contributed by atoms with Crippen molar-refractivity contribution in [2.45, 2.75) is 18.6 Å². The van der Waals surface area contributed by atoms with Gasteiger partial charge in [0.2, 0.25) is 5.91 Å². The molecule has 0 bridgehead atoms. The lowest BCUT2D eigenvalue weighted by molar-refractivity contribution is -0.136. The predicted octanol–water partition coefficient (Wildman–Crippen LogP) is 3.19. The molecule has 1 aliphatic heterocycles. The van der Waals surface area contributed by atoms with Crippen molar-refractivity contribution in [1.82, 2.24) is 14.8 Å². The van der Waals surface area contributed by atoms with E-state index in [1.54, 1.807) is 6.08 Å². The van der Waals surface area contributed by atoms with Crippen molar-refractivity contribution in [2.75, 3.05) is 20.1 Å². The Morgan fingerprint density at radius 3 is 2.79 bits per heavy atom. The Morgan fingerprint density at radius 2 is 2.17 bits per heavy atom. The number of aromatic nitrogens is 1. The molecule has 0 spiro atoms. The van der Waals surface area contributed by atoms with Gasteiger partial charge in [-0.1, -0.05) is 18.2 Å². The summed E-state index contributed by atoms with van der Waals surface area (Å²) in [7, 11) is 1.39. The first kappa shape index (κ1) is 20.5. The van der Waals surface area contributed by atoms with Crippen LogP contribution >= 0.6 is 0 Å². The first-order valence-electron chi connectivity index (χ1n) is 8.91. The van der Waals surface area contributed by atoms with Crippen LogP contribution in [0.15, 0.2) is 36.9 Å². The monoisotopic (exact) mass is 404 g/mol. The molecule has 1 N–H and O–H groups in total. The van der Waals surface area contributed by atoms with Crippen LogP contribution in [0.1, 0.15) is 22.5 Å². The molecule has 29 heavy (non-hydrogen) atoms. The van der Waals surface area contributed by atoms with E-state index in [2.05, 4.69) is 17.6 Å². The van der Waals surface area contributed by atoms with Gasteiger partial charge in [-0.05, 0) is 24.5 Å². The molecule has 3 rings (SSSR count). The van der Waals surface area contributed by atoms with Gasteiger partial charge in [-0.15, -0.1) is 6.58 Å². The second kappa shape index (κ2) is 7.62. The number of likely N-dealkylation sites (tertiary alicyclic amines) is 1. The summed E-state index contributed by atoms with van der Waals surface area (Å²) < 4.78 is 39.5. The highest BCUT2D eigenvalue weighted by Gasteiger charge is 2.35. The molecule has 2 aromatic rings. The van der Waals surface area contributed by atoms with Crippen molar-refractivity contribution in [2.24, 2.45) is 5.92 Å². The highest BCUT2D eigenvalue weighted by atomic mass is 19.4. The van der Waals surface area contributed by atoms with E-state index in [4.69, 9.17) is 0 Å². The van der Waals surface area contributed by atoms with Crippen LogP contribution in [0.5, 0.6) is 0 Å². The van der Waals surface area contributed by atoms with Gasteiger partial charge in [0, 0.05) is 19.0 Å². The summed E-state index contributed by atoms with van der Waals surface area (Å²) in [5.74, 6) is -1.00. The Balaban J connectivity index is 1.78. The maximum Gasteiger partial charge on any atom is 0.418 e. The number of nitrogens with zero attached hydrogens (tertiary/aromatic N) is 3. The van der Waals surface area contributed by atoms with E-state index in [1.165, 1.54) is 30.1 Å². The molecule has 0 radical (unpaired) electrons. The number of alkyl halides is 3. The minimum absolute atomic E-state index is 0.0131. The number of benzene rings is 1. The maximum absolute atomic E-state index is 13.2. The number of rotatable bonds is 4. The molecule has 2 heterocycles. The van der Waals surface area contributed by atoms with Crippen molar-refractivity contribution >= 4 is 22.7 Å². The molecule has 0 aliphatic carbocycles. The minimum atomic E-state index is -4.56. The molecule has 1 fully saturated rings. The number of H-pyrrole nitrogens is 1. The third-order valence-corrected chi connectivity index (χ3v) is 5.05. The van der Waals surface area contributed by atoms with E-state index in [9.17, 15) is 28.0 Å². The highest BCUT2D eigenvalue weighted by molar-refractivity contribution is 6.00. The molecule has 0 saturated carbocycles. The van der Waals surface area contributed by atoms with Crippen LogP contribution in [0.2, 0.25) is 0 Å². The van der Waals surface area contributed by atoms with Gasteiger partial charge in [-0.25, -0.2) is 0 Å². The number of para-hydroxylation sites is 1. The number of nitriles is 1. The van der Waals surface area contributed by atoms with E-state index in [0.717, 1.165) is 11.0 Å². The Hall–Kier alpha value is -3.28. The second-order valence-electron chi connectivity index (χ2n) is 7.03. The summed E-state index contributed by atoms with van der Waals surface area (Å²) >= 11 is 0. The average molecular weight is 404 g/mol. The predicted molar refractivity (Wildman–Crippen MR) is 99.7 cm³/mol. The molecule has 2 amide bonds. The largest absolute Gasteiger partial charge is 0.418 e. The van der Waals surface area contributed by atoms with Crippen molar-refractivity contribution in [3.8, 4) is 6.07 Å². The van der Waals surface area contributed by atoms with Crippen molar-refractivity contribution in [1.29, 1.82) is 5.26 Å². The van der Waals surface area contributed by atoms with Gasteiger partial charge in [0.25, 0.3) is 5.91 Å². The lowest BCUT2D eigenvalue weighted by Gasteiger charge is -2.23. The van der Waals surface area contributed by atoms with Crippen LogP contribution in [-0.4, -0.2) is 52.8 Å². The summed E-state index contributed by atoms with van der Waals surface area (Å²) in [6.07, 6.45) is -2.38. The number of carbonyl (C=O) groups is 2. The number of fused-ring (bicyclic) bond motifs is 1. The topological polar surface area (TPSA) is 80.2 Å². The lowest BCUT2D eigenvalue weighted by atomic mass is 10.1. The van der Waals surface area contributed by atoms with Gasteiger partial charge >= 0.3 is 6.18 Å². The fourth-order valence-electron chi connectivity index (χ4n) is 3.52. The maximum atomic E-state index is 13.2. The van der Waals surface area contributed by atoms with E-state index in [0.29, 0.717) is 13.0 Å². The molecule has 1 aliphatic rings. The first-order valence-corrected chi connectivity index (χ1v) is 8.91. The molecule has 9 heteroatoms. The highest BCUT2D eigenvalue weighted by Crippen LogP contribution is 2.34. The van der Waals surface area contributed by atoms with E-state index < -0.39 is 29.6 Å². The normalized spacial score (nSPS) is 19.2. The summed E-state index contributed by atoms with van der Waals surface area (Å²) in [5, 5.41) is 9.49. The molecule has 6 nitrogen and oxygen atoms in total. The average Bonchev–Trinajstić information content (AvgIpc) is 3.29. The van der Waals surface area contributed by atoms with Gasteiger partial charge in [-0.2, -0.15) is 18.4 Å². The summed E-state index contributed by atoms with van der Waals surface area (Å²) in [6.45, 7) is 3.74. The second-order valence-corrected chi connectivity index (χ2v) is 7.03. The molecule has 1 saturated heterocycles.